The van der Waals surface area contributed by atoms with Crippen LogP contribution in [0.25, 0.3) is 65.7 Å². The highest BCUT2D eigenvalue weighted by atomic mass is 14.4. The first-order chi connectivity index (χ1) is 21.5. The molecule has 1 N–H and O–H groups in total. The Kier molecular flexibility index (Phi) is 7.00. The molecule has 0 aromatic heterocycles. The van der Waals surface area contributed by atoms with Gasteiger partial charge in [-0.05, 0) is 97.3 Å². The molecule has 7 aromatic rings. The van der Waals surface area contributed by atoms with E-state index in [0.717, 1.165) is 16.7 Å². The maximum Gasteiger partial charge on any atom is 0.0612 e. The Labute approximate surface area is 259 Å². The van der Waals surface area contributed by atoms with E-state index in [1.54, 1.807) is 0 Å². The van der Waals surface area contributed by atoms with Crippen molar-refractivity contribution in [2.24, 2.45) is 0 Å². The van der Waals surface area contributed by atoms with E-state index in [1.165, 1.54) is 65.7 Å². The number of aryl methyl sites for hydroxylation is 1. The van der Waals surface area contributed by atoms with Crippen molar-refractivity contribution in [2.75, 3.05) is 0 Å². The molecule has 0 saturated carbocycles. The number of fused-ring (bicyclic) bond motifs is 3. The van der Waals surface area contributed by atoms with Crippen LogP contribution in [0.2, 0.25) is 0 Å². The standard InChI is InChI=1S/C43H33N/c1-28(2)21-26-41(44)31-11-8-12-32(27-31)42-37-13-4-6-15-39(37)43(40-16-7-5-14-38(40)42)36-20-10-18-34-33(17-9-19-35(34)36)30-24-22-29(3)23-25-30/h4-27,44H,1H2,2-3H3/b26-21-,44-41?. The number of benzene rings is 7. The molecule has 0 spiro atoms. The van der Waals surface area contributed by atoms with Crippen LogP contribution in [-0.4, -0.2) is 5.71 Å². The van der Waals surface area contributed by atoms with Gasteiger partial charge in [0.25, 0.3) is 0 Å². The van der Waals surface area contributed by atoms with Crippen LogP contribution in [0.3, 0.4) is 0 Å². The number of hydrogen-bond donors (Lipinski definition) is 1. The number of nitrogens with one attached hydrogen (secondary N) is 1. The fraction of sp³-hybridized carbons (Fsp3) is 0.0465. The summed E-state index contributed by atoms with van der Waals surface area (Å²) in [7, 11) is 0. The van der Waals surface area contributed by atoms with Crippen LogP contribution in [0.1, 0.15) is 18.1 Å². The van der Waals surface area contributed by atoms with Crippen LogP contribution in [0.15, 0.2) is 158 Å². The number of rotatable bonds is 6. The van der Waals surface area contributed by atoms with Crippen molar-refractivity contribution in [3.63, 3.8) is 0 Å². The van der Waals surface area contributed by atoms with Gasteiger partial charge in [0.05, 0.1) is 5.71 Å². The van der Waals surface area contributed by atoms with Gasteiger partial charge in [0.1, 0.15) is 0 Å². The lowest BCUT2D eigenvalue weighted by atomic mass is 9.84. The second-order valence-electron chi connectivity index (χ2n) is 11.6. The summed E-state index contributed by atoms with van der Waals surface area (Å²) in [6, 6.07) is 48.1. The molecule has 0 heterocycles. The fourth-order valence-corrected chi connectivity index (χ4v) is 6.41. The quantitative estimate of drug-likeness (QED) is 0.118. The van der Waals surface area contributed by atoms with Crippen molar-refractivity contribution in [1.29, 1.82) is 5.41 Å². The van der Waals surface area contributed by atoms with Crippen molar-refractivity contribution in [2.45, 2.75) is 13.8 Å². The van der Waals surface area contributed by atoms with E-state index in [9.17, 15) is 0 Å². The van der Waals surface area contributed by atoms with Gasteiger partial charge < -0.3 is 5.41 Å². The Morgan fingerprint density at radius 2 is 1.05 bits per heavy atom. The summed E-state index contributed by atoms with van der Waals surface area (Å²) in [5.41, 5.74) is 10.8. The molecule has 7 rings (SSSR count). The molecule has 0 saturated heterocycles. The first kappa shape index (κ1) is 27.3. The van der Waals surface area contributed by atoms with E-state index in [0.29, 0.717) is 5.71 Å². The molecule has 0 aliphatic carbocycles. The molecular weight excluding hydrogens is 530 g/mol. The smallest absolute Gasteiger partial charge is 0.0612 e. The third kappa shape index (κ3) is 4.83. The molecule has 0 atom stereocenters. The lowest BCUT2D eigenvalue weighted by Crippen LogP contribution is -1.96. The molecule has 0 bridgehead atoms. The lowest BCUT2D eigenvalue weighted by molar-refractivity contribution is 1.47. The average molecular weight is 564 g/mol. The summed E-state index contributed by atoms with van der Waals surface area (Å²) >= 11 is 0. The minimum Gasteiger partial charge on any atom is -0.300 e. The van der Waals surface area contributed by atoms with Gasteiger partial charge in [-0.1, -0.05) is 151 Å². The van der Waals surface area contributed by atoms with E-state index < -0.39 is 0 Å². The van der Waals surface area contributed by atoms with E-state index in [1.807, 2.05) is 25.1 Å². The predicted molar refractivity (Wildman–Crippen MR) is 191 cm³/mol. The van der Waals surface area contributed by atoms with Gasteiger partial charge >= 0.3 is 0 Å². The van der Waals surface area contributed by atoms with Crippen LogP contribution in [0, 0.1) is 12.3 Å². The van der Waals surface area contributed by atoms with Crippen LogP contribution in [0.4, 0.5) is 0 Å². The van der Waals surface area contributed by atoms with Crippen molar-refractivity contribution in [3.8, 4) is 33.4 Å². The molecule has 0 amide bonds. The van der Waals surface area contributed by atoms with E-state index in [4.69, 9.17) is 5.41 Å². The Morgan fingerprint density at radius 3 is 1.66 bits per heavy atom. The summed E-state index contributed by atoms with van der Waals surface area (Å²) in [5.74, 6) is 0. The number of allylic oxidation sites excluding steroid dienone is 3. The zero-order valence-corrected chi connectivity index (χ0v) is 25.1. The first-order valence-corrected chi connectivity index (χ1v) is 15.0. The Balaban J connectivity index is 1.51. The SMILES string of the molecule is C=C(C)/C=C\C(=N)c1cccc(-c2c3ccccc3c(-c3cccc4c(-c5ccc(C)cc5)cccc34)c3ccccc23)c1. The molecule has 7 aromatic carbocycles. The molecule has 1 heteroatoms. The summed E-state index contributed by atoms with van der Waals surface area (Å²) in [6.07, 6.45) is 3.72. The third-order valence-electron chi connectivity index (χ3n) is 8.48. The fourth-order valence-electron chi connectivity index (χ4n) is 6.41. The van der Waals surface area contributed by atoms with Gasteiger partial charge in [-0.25, -0.2) is 0 Å². The predicted octanol–water partition coefficient (Wildman–Crippen LogP) is 12.0. The highest BCUT2D eigenvalue weighted by Crippen LogP contribution is 2.46. The topological polar surface area (TPSA) is 23.9 Å². The molecule has 0 fully saturated rings. The maximum atomic E-state index is 8.69. The van der Waals surface area contributed by atoms with Crippen LogP contribution in [0.5, 0.6) is 0 Å². The van der Waals surface area contributed by atoms with Gasteiger partial charge in [-0.3, -0.25) is 0 Å². The zero-order valence-electron chi connectivity index (χ0n) is 25.1. The maximum absolute atomic E-state index is 8.69. The monoisotopic (exact) mass is 563 g/mol. The van der Waals surface area contributed by atoms with Crippen LogP contribution >= 0.6 is 0 Å². The third-order valence-corrected chi connectivity index (χ3v) is 8.48. The van der Waals surface area contributed by atoms with Crippen LogP contribution in [-0.2, 0) is 0 Å². The number of hydrogen-bond acceptors (Lipinski definition) is 1. The molecule has 1 nitrogen and oxygen atoms in total. The Bertz CT molecular complexity index is 2210. The molecule has 0 aliphatic rings. The van der Waals surface area contributed by atoms with Gasteiger partial charge in [0.15, 0.2) is 0 Å². The van der Waals surface area contributed by atoms with Gasteiger partial charge in [-0.2, -0.15) is 0 Å². The van der Waals surface area contributed by atoms with Crippen molar-refractivity contribution < 1.29 is 0 Å². The Morgan fingerprint density at radius 1 is 0.523 bits per heavy atom. The minimum absolute atomic E-state index is 0.472. The van der Waals surface area contributed by atoms with Gasteiger partial charge in [-0.15, -0.1) is 0 Å². The second kappa shape index (κ2) is 11.3. The first-order valence-electron chi connectivity index (χ1n) is 15.0. The minimum atomic E-state index is 0.472. The van der Waals surface area contributed by atoms with E-state index >= 15 is 0 Å². The largest absolute Gasteiger partial charge is 0.300 e. The van der Waals surface area contributed by atoms with Crippen LogP contribution < -0.4 is 0 Å². The molecule has 0 unspecified atom stereocenters. The Hall–Kier alpha value is -5.53. The molecule has 0 aliphatic heterocycles. The molecule has 0 radical (unpaired) electrons. The van der Waals surface area contributed by atoms with E-state index in [-0.39, 0.29) is 0 Å². The normalized spacial score (nSPS) is 11.5. The average Bonchev–Trinajstić information content (AvgIpc) is 3.06. The molecular formula is C43H33N. The highest BCUT2D eigenvalue weighted by Gasteiger charge is 2.18. The lowest BCUT2D eigenvalue weighted by Gasteiger charge is -2.19. The highest BCUT2D eigenvalue weighted by molar-refractivity contribution is 6.24. The summed E-state index contributed by atoms with van der Waals surface area (Å²) in [5, 5.41) is 16.0. The van der Waals surface area contributed by atoms with Crippen molar-refractivity contribution >= 4 is 38.0 Å². The molecule has 210 valence electrons. The summed E-state index contributed by atoms with van der Waals surface area (Å²) in [6.45, 7) is 8.02. The van der Waals surface area contributed by atoms with Gasteiger partial charge in [0, 0.05) is 0 Å². The second-order valence-corrected chi connectivity index (χ2v) is 11.6. The van der Waals surface area contributed by atoms with Gasteiger partial charge in [0.2, 0.25) is 0 Å². The summed E-state index contributed by atoms with van der Waals surface area (Å²) < 4.78 is 0. The van der Waals surface area contributed by atoms with E-state index in [2.05, 4.69) is 141 Å². The zero-order chi connectivity index (χ0) is 30.2. The van der Waals surface area contributed by atoms with Crippen molar-refractivity contribution in [1.82, 2.24) is 0 Å². The van der Waals surface area contributed by atoms with Crippen molar-refractivity contribution in [3.05, 3.63) is 169 Å². The molecule has 44 heavy (non-hydrogen) atoms. The summed E-state index contributed by atoms with van der Waals surface area (Å²) in [4.78, 5) is 0.